The molecule has 0 radical (unpaired) electrons. The first kappa shape index (κ1) is 15.1. The van der Waals surface area contributed by atoms with Gasteiger partial charge >= 0.3 is 0 Å². The second-order valence-electron chi connectivity index (χ2n) is 5.49. The van der Waals surface area contributed by atoms with Crippen LogP contribution in [0, 0.1) is 16.0 Å². The number of likely N-dealkylation sites (tertiary alicyclic amines) is 1. The van der Waals surface area contributed by atoms with Crippen molar-refractivity contribution in [3.8, 4) is 0 Å². The second-order valence-corrected chi connectivity index (χ2v) is 5.93. The molecule has 2 rings (SSSR count). The first-order valence-corrected chi connectivity index (χ1v) is 7.24. The van der Waals surface area contributed by atoms with Gasteiger partial charge in [0.25, 0.3) is 5.69 Å². The number of anilines is 1. The van der Waals surface area contributed by atoms with Crippen molar-refractivity contribution in [2.45, 2.75) is 25.8 Å². The number of nitro groups is 1. The fourth-order valence-electron chi connectivity index (χ4n) is 2.67. The smallest absolute Gasteiger partial charge is 0.292 e. The van der Waals surface area contributed by atoms with Crippen molar-refractivity contribution >= 4 is 23.0 Å². The van der Waals surface area contributed by atoms with Crippen molar-refractivity contribution in [3.05, 3.63) is 33.3 Å². The summed E-state index contributed by atoms with van der Waals surface area (Å²) in [6, 6.07) is 4.82. The zero-order valence-corrected chi connectivity index (χ0v) is 12.6. The highest BCUT2D eigenvalue weighted by Crippen LogP contribution is 2.30. The Morgan fingerprint density at radius 1 is 1.45 bits per heavy atom. The van der Waals surface area contributed by atoms with Crippen LogP contribution < -0.4 is 5.32 Å². The Bertz CT molecular complexity index is 487. The monoisotopic (exact) mass is 297 g/mol. The molecular weight excluding hydrogens is 278 g/mol. The zero-order chi connectivity index (χ0) is 14.7. The molecule has 1 heterocycles. The summed E-state index contributed by atoms with van der Waals surface area (Å²) in [5.74, 6) is 0.532. The van der Waals surface area contributed by atoms with E-state index in [0.717, 1.165) is 25.9 Å². The first-order valence-electron chi connectivity index (χ1n) is 6.86. The molecule has 1 saturated heterocycles. The van der Waals surface area contributed by atoms with Crippen molar-refractivity contribution in [3.63, 3.8) is 0 Å². The van der Waals surface area contributed by atoms with E-state index in [0.29, 0.717) is 16.6 Å². The molecule has 0 saturated carbocycles. The van der Waals surface area contributed by atoms with Crippen molar-refractivity contribution in [2.24, 2.45) is 5.92 Å². The molecule has 0 aliphatic carbocycles. The first-order chi connectivity index (χ1) is 9.47. The molecule has 0 spiro atoms. The van der Waals surface area contributed by atoms with Crippen molar-refractivity contribution in [1.82, 2.24) is 4.90 Å². The average Bonchev–Trinajstić information content (AvgIpc) is 2.39. The molecule has 1 unspecified atom stereocenters. The lowest BCUT2D eigenvalue weighted by atomic mass is 9.90. The second kappa shape index (κ2) is 6.41. The lowest BCUT2D eigenvalue weighted by molar-refractivity contribution is -0.384. The van der Waals surface area contributed by atoms with E-state index in [4.69, 9.17) is 11.6 Å². The maximum absolute atomic E-state index is 11.0. The summed E-state index contributed by atoms with van der Waals surface area (Å²) in [6.07, 6.45) is 2.22. The molecule has 0 aromatic heterocycles. The van der Waals surface area contributed by atoms with E-state index >= 15 is 0 Å². The van der Waals surface area contributed by atoms with Crippen LogP contribution in [-0.4, -0.2) is 36.0 Å². The average molecular weight is 298 g/mol. The summed E-state index contributed by atoms with van der Waals surface area (Å²) in [5.41, 5.74) is 0.586. The molecule has 1 aliphatic rings. The van der Waals surface area contributed by atoms with Gasteiger partial charge in [0, 0.05) is 17.1 Å². The molecule has 1 aliphatic heterocycles. The Hall–Kier alpha value is -1.33. The lowest BCUT2D eigenvalue weighted by Gasteiger charge is -2.33. The number of benzene rings is 1. The summed E-state index contributed by atoms with van der Waals surface area (Å²) in [7, 11) is 2.12. The highest BCUT2D eigenvalue weighted by Gasteiger charge is 2.24. The normalized spacial score (nSPS) is 18.8. The minimum absolute atomic E-state index is 0.0779. The van der Waals surface area contributed by atoms with Crippen molar-refractivity contribution in [2.75, 3.05) is 25.5 Å². The molecule has 5 nitrogen and oxygen atoms in total. The quantitative estimate of drug-likeness (QED) is 0.683. The van der Waals surface area contributed by atoms with Crippen molar-refractivity contribution in [1.29, 1.82) is 0 Å². The minimum atomic E-state index is -0.375. The van der Waals surface area contributed by atoms with Gasteiger partial charge in [-0.15, -0.1) is 0 Å². The van der Waals surface area contributed by atoms with Gasteiger partial charge in [0.15, 0.2) is 0 Å². The Kier molecular flexibility index (Phi) is 4.83. The van der Waals surface area contributed by atoms with Gasteiger partial charge in [-0.25, -0.2) is 0 Å². The Morgan fingerprint density at radius 3 is 2.70 bits per heavy atom. The van der Waals surface area contributed by atoms with Crippen LogP contribution in [0.15, 0.2) is 18.2 Å². The molecule has 1 fully saturated rings. The van der Waals surface area contributed by atoms with Crippen LogP contribution in [0.2, 0.25) is 5.02 Å². The molecule has 1 atom stereocenters. The highest BCUT2D eigenvalue weighted by molar-refractivity contribution is 6.31. The molecule has 110 valence electrons. The number of nitro benzene ring substituents is 1. The maximum atomic E-state index is 11.0. The van der Waals surface area contributed by atoms with Gasteiger partial charge in [0.1, 0.15) is 5.69 Å². The molecule has 1 aromatic rings. The SMILES string of the molecule is CC(Nc1cc(Cl)ccc1[N+](=O)[O-])C1CCN(C)CC1. The predicted molar refractivity (Wildman–Crippen MR) is 81.4 cm³/mol. The van der Waals surface area contributed by atoms with E-state index in [2.05, 4.69) is 24.2 Å². The van der Waals surface area contributed by atoms with E-state index in [9.17, 15) is 10.1 Å². The predicted octanol–water partition coefficient (Wildman–Crippen LogP) is 3.39. The van der Waals surface area contributed by atoms with E-state index in [1.54, 1.807) is 12.1 Å². The molecule has 0 bridgehead atoms. The van der Waals surface area contributed by atoms with Gasteiger partial charge in [0.2, 0.25) is 0 Å². The number of halogens is 1. The van der Waals surface area contributed by atoms with Gasteiger partial charge < -0.3 is 10.2 Å². The molecule has 0 amide bonds. The van der Waals surface area contributed by atoms with E-state index in [1.165, 1.54) is 6.07 Å². The summed E-state index contributed by atoms with van der Waals surface area (Å²) in [4.78, 5) is 13.0. The largest absolute Gasteiger partial charge is 0.377 e. The fourth-order valence-corrected chi connectivity index (χ4v) is 2.85. The van der Waals surface area contributed by atoms with Crippen LogP contribution in [0.25, 0.3) is 0 Å². The van der Waals surface area contributed by atoms with Crippen LogP contribution in [0.5, 0.6) is 0 Å². The summed E-state index contributed by atoms with van der Waals surface area (Å²) in [6.45, 7) is 4.24. The summed E-state index contributed by atoms with van der Waals surface area (Å²) >= 11 is 5.94. The fraction of sp³-hybridized carbons (Fsp3) is 0.571. The number of nitrogens with zero attached hydrogens (tertiary/aromatic N) is 2. The van der Waals surface area contributed by atoms with Crippen LogP contribution in [-0.2, 0) is 0 Å². The van der Waals surface area contributed by atoms with Crippen LogP contribution in [0.4, 0.5) is 11.4 Å². The van der Waals surface area contributed by atoms with Crippen LogP contribution in [0.3, 0.4) is 0 Å². The maximum Gasteiger partial charge on any atom is 0.292 e. The lowest BCUT2D eigenvalue weighted by Crippen LogP contribution is -2.37. The van der Waals surface area contributed by atoms with Gasteiger partial charge in [0.05, 0.1) is 4.92 Å². The van der Waals surface area contributed by atoms with Gasteiger partial charge in [-0.3, -0.25) is 10.1 Å². The number of rotatable bonds is 4. The number of nitrogens with one attached hydrogen (secondary N) is 1. The van der Waals surface area contributed by atoms with Gasteiger partial charge in [-0.2, -0.15) is 0 Å². The third-order valence-corrected chi connectivity index (χ3v) is 4.24. The summed E-state index contributed by atoms with van der Waals surface area (Å²) in [5, 5.41) is 14.8. The number of hydrogen-bond acceptors (Lipinski definition) is 4. The Balaban J connectivity index is 2.09. The van der Waals surface area contributed by atoms with E-state index in [-0.39, 0.29) is 16.7 Å². The van der Waals surface area contributed by atoms with Crippen molar-refractivity contribution < 1.29 is 4.92 Å². The minimum Gasteiger partial charge on any atom is -0.377 e. The molecule has 20 heavy (non-hydrogen) atoms. The van der Waals surface area contributed by atoms with E-state index < -0.39 is 0 Å². The van der Waals surface area contributed by atoms with Crippen LogP contribution in [0.1, 0.15) is 19.8 Å². The van der Waals surface area contributed by atoms with Gasteiger partial charge in [-0.05, 0) is 58.0 Å². The van der Waals surface area contributed by atoms with Crippen LogP contribution >= 0.6 is 11.6 Å². The highest BCUT2D eigenvalue weighted by atomic mass is 35.5. The molecule has 6 heteroatoms. The Labute approximate surface area is 124 Å². The standard InChI is InChI=1S/C14H20ClN3O2/c1-10(11-5-7-17(2)8-6-11)16-13-9-12(15)3-4-14(13)18(19)20/h3-4,9-11,16H,5-8H2,1-2H3. The third-order valence-electron chi connectivity index (χ3n) is 4.01. The topological polar surface area (TPSA) is 58.4 Å². The van der Waals surface area contributed by atoms with Gasteiger partial charge in [-0.1, -0.05) is 11.6 Å². The summed E-state index contributed by atoms with van der Waals surface area (Å²) < 4.78 is 0. The number of hydrogen-bond donors (Lipinski definition) is 1. The molecular formula is C14H20ClN3O2. The number of piperidine rings is 1. The Morgan fingerprint density at radius 2 is 2.10 bits per heavy atom. The third kappa shape index (κ3) is 3.61. The molecule has 1 aromatic carbocycles. The molecule has 1 N–H and O–H groups in total. The van der Waals surface area contributed by atoms with E-state index in [1.807, 2.05) is 0 Å². The zero-order valence-electron chi connectivity index (χ0n) is 11.8.